The lowest BCUT2D eigenvalue weighted by Crippen LogP contribution is -2.42. The second-order valence-electron chi connectivity index (χ2n) is 7.87. The van der Waals surface area contributed by atoms with Crippen molar-refractivity contribution in [2.45, 2.75) is 37.2 Å². The highest BCUT2D eigenvalue weighted by molar-refractivity contribution is 8.00. The molecule has 1 atom stereocenters. The molecule has 8 heteroatoms. The maximum atomic E-state index is 12.8. The largest absolute Gasteiger partial charge is 0.416 e. The Labute approximate surface area is 166 Å². The Balaban J connectivity index is 1.38. The molecule has 2 saturated heterocycles. The lowest BCUT2D eigenvalue weighted by molar-refractivity contribution is -0.137. The molecule has 4 rings (SSSR count). The van der Waals surface area contributed by atoms with Crippen LogP contribution in [0.25, 0.3) is 0 Å². The van der Waals surface area contributed by atoms with Crippen LogP contribution < -0.4 is 0 Å². The highest BCUT2D eigenvalue weighted by Crippen LogP contribution is 2.41. The van der Waals surface area contributed by atoms with Crippen molar-refractivity contribution in [3.05, 3.63) is 35.4 Å². The quantitative estimate of drug-likeness (QED) is 0.753. The van der Waals surface area contributed by atoms with E-state index in [1.54, 1.807) is 4.90 Å². The number of benzene rings is 1. The van der Waals surface area contributed by atoms with Gasteiger partial charge in [-0.25, -0.2) is 0 Å². The first-order valence-corrected chi connectivity index (χ1v) is 10.7. The number of hydrogen-bond acceptors (Lipinski definition) is 3. The molecular weight excluding hydrogens is 389 g/mol. The van der Waals surface area contributed by atoms with Crippen LogP contribution in [0.5, 0.6) is 0 Å². The van der Waals surface area contributed by atoms with Gasteiger partial charge in [-0.05, 0) is 49.3 Å². The molecule has 0 bridgehead atoms. The SMILES string of the molecule is O=C(C1CC1)N1CCC(CN2C(=O)CS[C@@H]2c2ccc(C(F)(F)F)cc2)CC1. The van der Waals surface area contributed by atoms with Crippen LogP contribution in [0.4, 0.5) is 13.2 Å². The number of piperidine rings is 1. The van der Waals surface area contributed by atoms with Crippen LogP contribution in [-0.4, -0.2) is 47.0 Å². The zero-order valence-electron chi connectivity index (χ0n) is 15.5. The van der Waals surface area contributed by atoms with Gasteiger partial charge >= 0.3 is 6.18 Å². The van der Waals surface area contributed by atoms with Gasteiger partial charge in [0.05, 0.1) is 11.3 Å². The van der Waals surface area contributed by atoms with Crippen LogP contribution in [0.2, 0.25) is 0 Å². The molecule has 152 valence electrons. The molecule has 28 heavy (non-hydrogen) atoms. The number of carbonyl (C=O) groups is 2. The smallest absolute Gasteiger partial charge is 0.342 e. The van der Waals surface area contributed by atoms with E-state index >= 15 is 0 Å². The normalized spacial score (nSPS) is 24.1. The molecule has 4 nitrogen and oxygen atoms in total. The Bertz CT molecular complexity index is 741. The lowest BCUT2D eigenvalue weighted by Gasteiger charge is -2.35. The average molecular weight is 412 g/mol. The molecular formula is C20H23F3N2O2S. The number of alkyl halides is 3. The van der Waals surface area contributed by atoms with Crippen LogP contribution in [-0.2, 0) is 15.8 Å². The summed E-state index contributed by atoms with van der Waals surface area (Å²) in [5, 5.41) is -0.235. The fraction of sp³-hybridized carbons (Fsp3) is 0.600. The van der Waals surface area contributed by atoms with Crippen molar-refractivity contribution >= 4 is 23.6 Å². The highest BCUT2D eigenvalue weighted by atomic mass is 32.2. The summed E-state index contributed by atoms with van der Waals surface area (Å²) in [5.74, 6) is 1.21. The molecule has 1 saturated carbocycles. The van der Waals surface area contributed by atoms with Gasteiger partial charge in [-0.3, -0.25) is 9.59 Å². The fourth-order valence-corrected chi connectivity index (χ4v) is 5.17. The Hall–Kier alpha value is -1.70. The van der Waals surface area contributed by atoms with E-state index in [2.05, 4.69) is 0 Å². The highest BCUT2D eigenvalue weighted by Gasteiger charge is 2.38. The number of hydrogen-bond donors (Lipinski definition) is 0. The molecule has 0 aromatic heterocycles. The van der Waals surface area contributed by atoms with Gasteiger partial charge in [0.25, 0.3) is 0 Å². The summed E-state index contributed by atoms with van der Waals surface area (Å²) in [7, 11) is 0. The molecule has 0 radical (unpaired) electrons. The van der Waals surface area contributed by atoms with Crippen LogP contribution in [0.15, 0.2) is 24.3 Å². The summed E-state index contributed by atoms with van der Waals surface area (Å²) in [6, 6.07) is 5.11. The van der Waals surface area contributed by atoms with Gasteiger partial charge in [-0.1, -0.05) is 12.1 Å². The maximum Gasteiger partial charge on any atom is 0.416 e. The topological polar surface area (TPSA) is 40.6 Å². The van der Waals surface area contributed by atoms with E-state index in [1.807, 2.05) is 4.90 Å². The molecule has 1 aliphatic carbocycles. The fourth-order valence-electron chi connectivity index (χ4n) is 3.97. The second-order valence-corrected chi connectivity index (χ2v) is 8.94. The van der Waals surface area contributed by atoms with Crippen molar-refractivity contribution in [1.82, 2.24) is 9.80 Å². The van der Waals surface area contributed by atoms with Crippen molar-refractivity contribution in [3.8, 4) is 0 Å². The Morgan fingerprint density at radius 3 is 2.29 bits per heavy atom. The Morgan fingerprint density at radius 1 is 1.07 bits per heavy atom. The van der Waals surface area contributed by atoms with Crippen molar-refractivity contribution < 1.29 is 22.8 Å². The van der Waals surface area contributed by atoms with Gasteiger partial charge in [0.2, 0.25) is 11.8 Å². The number of halogens is 3. The van der Waals surface area contributed by atoms with E-state index in [0.717, 1.165) is 56.5 Å². The standard InChI is InChI=1S/C20H23F3N2O2S/c21-20(22,23)16-5-3-15(4-6-16)19-25(17(26)12-28-19)11-13-7-9-24(10-8-13)18(27)14-1-2-14/h3-6,13-14,19H,1-2,7-12H2/t19-/m1/s1. The summed E-state index contributed by atoms with van der Waals surface area (Å²) >= 11 is 1.46. The zero-order valence-corrected chi connectivity index (χ0v) is 16.3. The first-order valence-electron chi connectivity index (χ1n) is 9.70. The van der Waals surface area contributed by atoms with Gasteiger partial charge in [-0.2, -0.15) is 13.2 Å². The Kier molecular flexibility index (Phi) is 5.33. The Morgan fingerprint density at radius 2 is 1.71 bits per heavy atom. The molecule has 1 aromatic carbocycles. The van der Waals surface area contributed by atoms with Crippen molar-refractivity contribution in [3.63, 3.8) is 0 Å². The molecule has 0 N–H and O–H groups in total. The van der Waals surface area contributed by atoms with Gasteiger partial charge in [0.1, 0.15) is 5.37 Å². The summed E-state index contributed by atoms with van der Waals surface area (Å²) < 4.78 is 38.4. The molecule has 2 aliphatic heterocycles. The monoisotopic (exact) mass is 412 g/mol. The molecule has 3 aliphatic rings. The second kappa shape index (κ2) is 7.61. The minimum atomic E-state index is -4.36. The number of carbonyl (C=O) groups excluding carboxylic acids is 2. The van der Waals surface area contributed by atoms with Gasteiger partial charge in [0, 0.05) is 25.6 Å². The number of amides is 2. The van der Waals surface area contributed by atoms with Gasteiger partial charge in [0.15, 0.2) is 0 Å². The van der Waals surface area contributed by atoms with E-state index in [-0.39, 0.29) is 23.1 Å². The molecule has 0 spiro atoms. The minimum Gasteiger partial charge on any atom is -0.342 e. The number of nitrogens with zero attached hydrogens (tertiary/aromatic N) is 2. The van der Waals surface area contributed by atoms with Crippen LogP contribution in [0, 0.1) is 11.8 Å². The zero-order chi connectivity index (χ0) is 19.9. The summed E-state index contributed by atoms with van der Waals surface area (Å²) in [6.45, 7) is 2.07. The number of rotatable bonds is 4. The van der Waals surface area contributed by atoms with Gasteiger partial charge in [-0.15, -0.1) is 11.8 Å². The van der Waals surface area contributed by atoms with Crippen molar-refractivity contribution in [2.24, 2.45) is 11.8 Å². The number of likely N-dealkylation sites (tertiary alicyclic amines) is 1. The third-order valence-corrected chi connectivity index (χ3v) is 7.05. The van der Waals surface area contributed by atoms with Gasteiger partial charge < -0.3 is 9.80 Å². The molecule has 3 fully saturated rings. The molecule has 0 unspecified atom stereocenters. The van der Waals surface area contributed by atoms with E-state index in [0.29, 0.717) is 18.2 Å². The summed E-state index contributed by atoms with van der Waals surface area (Å²) in [5.41, 5.74) is 0.0509. The van der Waals surface area contributed by atoms with Crippen molar-refractivity contribution in [1.29, 1.82) is 0 Å². The van der Waals surface area contributed by atoms with Crippen LogP contribution in [0.3, 0.4) is 0 Å². The maximum absolute atomic E-state index is 12.8. The third kappa shape index (κ3) is 4.16. The summed E-state index contributed by atoms with van der Waals surface area (Å²) in [6.07, 6.45) is -0.609. The predicted molar refractivity (Wildman–Crippen MR) is 100 cm³/mol. The summed E-state index contributed by atoms with van der Waals surface area (Å²) in [4.78, 5) is 28.3. The van der Waals surface area contributed by atoms with E-state index < -0.39 is 11.7 Å². The van der Waals surface area contributed by atoms with E-state index in [1.165, 1.54) is 23.9 Å². The molecule has 2 heterocycles. The average Bonchev–Trinajstić information content (AvgIpc) is 3.46. The first-order chi connectivity index (χ1) is 13.3. The van der Waals surface area contributed by atoms with E-state index in [9.17, 15) is 22.8 Å². The minimum absolute atomic E-state index is 0.0337. The van der Waals surface area contributed by atoms with E-state index in [4.69, 9.17) is 0 Å². The molecule has 1 aromatic rings. The predicted octanol–water partition coefficient (Wildman–Crippen LogP) is 3.93. The van der Waals surface area contributed by atoms with Crippen molar-refractivity contribution in [2.75, 3.05) is 25.4 Å². The lowest BCUT2D eigenvalue weighted by atomic mass is 9.95. The van der Waals surface area contributed by atoms with Crippen LogP contribution in [0.1, 0.15) is 42.2 Å². The molecule has 2 amide bonds. The number of thioether (sulfide) groups is 1. The third-order valence-electron chi connectivity index (χ3n) is 5.80. The van der Waals surface area contributed by atoms with Crippen LogP contribution >= 0.6 is 11.8 Å². The first kappa shape index (κ1) is 19.6.